The lowest BCUT2D eigenvalue weighted by Crippen LogP contribution is -2.39. The number of aromatic nitrogens is 3. The van der Waals surface area contributed by atoms with Crippen molar-refractivity contribution in [3.8, 4) is 0 Å². The minimum Gasteiger partial charge on any atom is -0.356 e. The van der Waals surface area contributed by atoms with Crippen molar-refractivity contribution in [1.82, 2.24) is 24.9 Å². The smallest absolute Gasteiger partial charge is 0.228 e. The lowest BCUT2D eigenvalue weighted by molar-refractivity contribution is 0.373. The lowest BCUT2D eigenvalue weighted by Gasteiger charge is -2.22. The molecule has 0 aliphatic rings. The molecular formula is C14H22BrIN6O. The Morgan fingerprint density at radius 1 is 1.52 bits per heavy atom. The molecule has 0 aliphatic carbocycles. The minimum absolute atomic E-state index is 0. The number of halogens is 2. The van der Waals surface area contributed by atoms with Gasteiger partial charge in [0.1, 0.15) is 0 Å². The SMILES string of the molecule is CN=C(NCCc1nc(C)no1)N(C)Cc1cc(Br)cn1C.I. The molecule has 0 saturated heterocycles. The normalized spacial score (nSPS) is 11.3. The molecule has 2 heterocycles. The first kappa shape index (κ1) is 19.9. The maximum atomic E-state index is 5.09. The van der Waals surface area contributed by atoms with Gasteiger partial charge in [0, 0.05) is 50.5 Å². The van der Waals surface area contributed by atoms with Crippen molar-refractivity contribution >= 4 is 45.9 Å². The summed E-state index contributed by atoms with van der Waals surface area (Å²) < 4.78 is 8.26. The molecule has 0 bridgehead atoms. The van der Waals surface area contributed by atoms with Crippen LogP contribution in [0.5, 0.6) is 0 Å². The minimum atomic E-state index is 0. The average Bonchev–Trinajstić information content (AvgIpc) is 3.01. The van der Waals surface area contributed by atoms with E-state index in [0.717, 1.165) is 17.0 Å². The summed E-state index contributed by atoms with van der Waals surface area (Å²) >= 11 is 3.49. The van der Waals surface area contributed by atoms with Gasteiger partial charge in [-0.15, -0.1) is 24.0 Å². The Labute approximate surface area is 161 Å². The van der Waals surface area contributed by atoms with E-state index in [2.05, 4.69) is 51.9 Å². The molecule has 2 aromatic heterocycles. The molecule has 0 amide bonds. The fourth-order valence-electron chi connectivity index (χ4n) is 2.15. The Hall–Kier alpha value is -1.10. The van der Waals surface area contributed by atoms with Crippen LogP contribution in [0, 0.1) is 6.92 Å². The third-order valence-electron chi connectivity index (χ3n) is 3.24. The molecule has 0 unspecified atom stereocenters. The Kier molecular flexibility index (Phi) is 8.03. The lowest BCUT2D eigenvalue weighted by atomic mass is 10.4. The van der Waals surface area contributed by atoms with Gasteiger partial charge < -0.3 is 19.3 Å². The largest absolute Gasteiger partial charge is 0.356 e. The second-order valence-electron chi connectivity index (χ2n) is 5.08. The van der Waals surface area contributed by atoms with E-state index in [1.54, 1.807) is 7.05 Å². The first-order valence-corrected chi connectivity index (χ1v) is 7.80. The Balaban J connectivity index is 0.00000264. The number of guanidine groups is 1. The van der Waals surface area contributed by atoms with Crippen molar-refractivity contribution in [1.29, 1.82) is 0 Å². The van der Waals surface area contributed by atoms with Crippen LogP contribution in [-0.2, 0) is 20.0 Å². The number of aliphatic imine (C=N–C) groups is 1. The zero-order valence-electron chi connectivity index (χ0n) is 13.7. The topological polar surface area (TPSA) is 71.5 Å². The van der Waals surface area contributed by atoms with Crippen LogP contribution in [0.1, 0.15) is 17.4 Å². The van der Waals surface area contributed by atoms with Crippen LogP contribution in [0.4, 0.5) is 0 Å². The number of nitrogens with zero attached hydrogens (tertiary/aromatic N) is 5. The summed E-state index contributed by atoms with van der Waals surface area (Å²) in [6.07, 6.45) is 2.71. The van der Waals surface area contributed by atoms with Crippen LogP contribution in [-0.4, -0.2) is 46.2 Å². The first-order chi connectivity index (χ1) is 10.5. The van der Waals surface area contributed by atoms with Gasteiger partial charge in [0.2, 0.25) is 5.89 Å². The zero-order chi connectivity index (χ0) is 16.1. The molecule has 0 atom stereocenters. The summed E-state index contributed by atoms with van der Waals surface area (Å²) in [6, 6.07) is 2.10. The Bertz CT molecular complexity index is 653. The summed E-state index contributed by atoms with van der Waals surface area (Å²) in [6.45, 7) is 3.27. The fourth-order valence-corrected chi connectivity index (χ4v) is 2.72. The van der Waals surface area contributed by atoms with E-state index >= 15 is 0 Å². The van der Waals surface area contributed by atoms with Crippen molar-refractivity contribution in [2.24, 2.45) is 12.0 Å². The fraction of sp³-hybridized carbons (Fsp3) is 0.500. The molecule has 0 aliphatic heterocycles. The quantitative estimate of drug-likeness (QED) is 0.391. The summed E-state index contributed by atoms with van der Waals surface area (Å²) in [5.41, 5.74) is 1.20. The second kappa shape index (κ2) is 9.26. The number of aryl methyl sites for hydroxylation is 2. The standard InChI is InChI=1S/C14H21BrN6O.HI/c1-10-18-13(22-19-10)5-6-17-14(16-2)21(4)9-12-7-11(15)8-20(12)3;/h7-8H,5-6,9H2,1-4H3,(H,16,17);1H. The molecule has 0 saturated carbocycles. The van der Waals surface area contributed by atoms with Gasteiger partial charge in [-0.1, -0.05) is 5.16 Å². The van der Waals surface area contributed by atoms with Gasteiger partial charge in [-0.05, 0) is 28.9 Å². The zero-order valence-corrected chi connectivity index (χ0v) is 17.6. The molecule has 2 rings (SSSR count). The number of hydrogen-bond donors (Lipinski definition) is 1. The second-order valence-corrected chi connectivity index (χ2v) is 5.99. The van der Waals surface area contributed by atoms with Crippen LogP contribution >= 0.6 is 39.9 Å². The monoisotopic (exact) mass is 496 g/mol. The van der Waals surface area contributed by atoms with Crippen LogP contribution in [0.15, 0.2) is 26.3 Å². The highest BCUT2D eigenvalue weighted by Gasteiger charge is 2.10. The van der Waals surface area contributed by atoms with Crippen LogP contribution in [0.2, 0.25) is 0 Å². The Morgan fingerprint density at radius 3 is 2.78 bits per heavy atom. The molecule has 1 N–H and O–H groups in total. The van der Waals surface area contributed by atoms with Gasteiger partial charge in [-0.25, -0.2) is 0 Å². The summed E-state index contributed by atoms with van der Waals surface area (Å²) in [5.74, 6) is 2.12. The van der Waals surface area contributed by atoms with Crippen molar-refractivity contribution in [2.75, 3.05) is 20.6 Å². The van der Waals surface area contributed by atoms with Crippen molar-refractivity contribution in [3.63, 3.8) is 0 Å². The third-order valence-corrected chi connectivity index (χ3v) is 3.67. The molecule has 0 fully saturated rings. The number of hydrogen-bond acceptors (Lipinski definition) is 4. The van der Waals surface area contributed by atoms with E-state index in [0.29, 0.717) is 24.7 Å². The number of nitrogens with one attached hydrogen (secondary N) is 1. The van der Waals surface area contributed by atoms with E-state index in [1.807, 2.05) is 27.2 Å². The molecule has 7 nitrogen and oxygen atoms in total. The highest BCUT2D eigenvalue weighted by molar-refractivity contribution is 14.0. The molecular weight excluding hydrogens is 475 g/mol. The van der Waals surface area contributed by atoms with E-state index in [-0.39, 0.29) is 24.0 Å². The van der Waals surface area contributed by atoms with Crippen LogP contribution < -0.4 is 5.32 Å². The van der Waals surface area contributed by atoms with Gasteiger partial charge in [-0.3, -0.25) is 4.99 Å². The molecule has 23 heavy (non-hydrogen) atoms. The average molecular weight is 497 g/mol. The predicted molar refractivity (Wildman–Crippen MR) is 104 cm³/mol. The molecule has 2 aromatic rings. The van der Waals surface area contributed by atoms with E-state index < -0.39 is 0 Å². The molecule has 0 radical (unpaired) electrons. The molecule has 9 heteroatoms. The summed E-state index contributed by atoms with van der Waals surface area (Å²) in [7, 11) is 5.81. The maximum Gasteiger partial charge on any atom is 0.228 e. The molecule has 128 valence electrons. The highest BCUT2D eigenvalue weighted by atomic mass is 127. The van der Waals surface area contributed by atoms with Crippen molar-refractivity contribution in [3.05, 3.63) is 34.1 Å². The van der Waals surface area contributed by atoms with Gasteiger partial charge in [0.15, 0.2) is 11.8 Å². The van der Waals surface area contributed by atoms with Crippen molar-refractivity contribution in [2.45, 2.75) is 19.9 Å². The van der Waals surface area contributed by atoms with Crippen LogP contribution in [0.25, 0.3) is 0 Å². The first-order valence-electron chi connectivity index (χ1n) is 7.01. The summed E-state index contributed by atoms with van der Waals surface area (Å²) in [4.78, 5) is 10.6. The van der Waals surface area contributed by atoms with E-state index in [4.69, 9.17) is 4.52 Å². The Morgan fingerprint density at radius 2 is 2.26 bits per heavy atom. The maximum absolute atomic E-state index is 5.09. The number of rotatable bonds is 5. The molecule has 0 aromatic carbocycles. The highest BCUT2D eigenvalue weighted by Crippen LogP contribution is 2.14. The van der Waals surface area contributed by atoms with Crippen molar-refractivity contribution < 1.29 is 4.52 Å². The van der Waals surface area contributed by atoms with Crippen LogP contribution in [0.3, 0.4) is 0 Å². The molecule has 0 spiro atoms. The van der Waals surface area contributed by atoms with E-state index in [1.165, 1.54) is 5.69 Å². The third kappa shape index (κ3) is 5.79. The van der Waals surface area contributed by atoms with Gasteiger partial charge in [0.25, 0.3) is 0 Å². The van der Waals surface area contributed by atoms with Gasteiger partial charge in [0.05, 0.1) is 6.54 Å². The van der Waals surface area contributed by atoms with E-state index in [9.17, 15) is 0 Å². The summed E-state index contributed by atoms with van der Waals surface area (Å²) in [5, 5.41) is 7.08. The predicted octanol–water partition coefficient (Wildman–Crippen LogP) is 2.35. The van der Waals surface area contributed by atoms with Gasteiger partial charge in [-0.2, -0.15) is 4.98 Å². The van der Waals surface area contributed by atoms with Gasteiger partial charge >= 0.3 is 0 Å².